The smallest absolute Gasteiger partial charge is 0.325 e. The molecule has 1 aromatic heterocycles. The lowest BCUT2D eigenvalue weighted by molar-refractivity contribution is -0.148. The van der Waals surface area contributed by atoms with Crippen molar-refractivity contribution < 1.29 is 9.53 Å². The number of aryl methyl sites for hydroxylation is 1. The average molecular weight is 275 g/mol. The molecule has 0 aliphatic rings. The Hall–Kier alpha value is -1.88. The Labute approximate surface area is 118 Å². The van der Waals surface area contributed by atoms with Gasteiger partial charge in [-0.05, 0) is 38.9 Å². The van der Waals surface area contributed by atoms with E-state index in [0.29, 0.717) is 6.42 Å². The number of esters is 1. The number of imidazole rings is 1. The molecular formula is C15H21N3O2. The molecule has 2 rings (SSSR count). The summed E-state index contributed by atoms with van der Waals surface area (Å²) in [4.78, 5) is 16.1. The van der Waals surface area contributed by atoms with Gasteiger partial charge in [-0.3, -0.25) is 4.79 Å². The summed E-state index contributed by atoms with van der Waals surface area (Å²) in [6, 6.07) is 8.04. The van der Waals surface area contributed by atoms with Gasteiger partial charge in [0.15, 0.2) is 0 Å². The van der Waals surface area contributed by atoms with Crippen molar-refractivity contribution in [3.8, 4) is 0 Å². The molecule has 108 valence electrons. The van der Waals surface area contributed by atoms with Crippen LogP contribution in [0.4, 0.5) is 0 Å². The average Bonchev–Trinajstić information content (AvgIpc) is 2.89. The van der Waals surface area contributed by atoms with E-state index in [-0.39, 0.29) is 5.97 Å². The number of hydrogen-bond acceptors (Lipinski definition) is 4. The molecule has 0 aliphatic heterocycles. The molecule has 0 saturated heterocycles. The number of fused-ring (bicyclic) bond motifs is 1. The number of methoxy groups -OCH3 is 1. The Kier molecular flexibility index (Phi) is 4.39. The number of carbonyl (C=O) groups excluding carboxylic acids is 1. The molecule has 1 aromatic carbocycles. The Bertz CT molecular complexity index is 594. The molecule has 0 radical (unpaired) electrons. The van der Waals surface area contributed by atoms with E-state index in [2.05, 4.69) is 20.9 Å². The first-order valence-corrected chi connectivity index (χ1v) is 6.78. The molecule has 0 amide bonds. The quantitative estimate of drug-likeness (QED) is 0.819. The number of likely N-dealkylation sites (N-methyl/N-ethyl adjacent to an activating group) is 1. The second-order valence-electron chi connectivity index (χ2n) is 5.10. The van der Waals surface area contributed by atoms with E-state index >= 15 is 0 Å². The summed E-state index contributed by atoms with van der Waals surface area (Å²) in [5.74, 6) is -0.226. The van der Waals surface area contributed by atoms with E-state index < -0.39 is 5.54 Å². The summed E-state index contributed by atoms with van der Waals surface area (Å²) in [5.41, 5.74) is 1.49. The fourth-order valence-electron chi connectivity index (χ4n) is 2.35. The van der Waals surface area contributed by atoms with Crippen LogP contribution in [0, 0.1) is 0 Å². The third-order valence-electron chi connectivity index (χ3n) is 3.79. The summed E-state index contributed by atoms with van der Waals surface area (Å²) in [7, 11) is 3.20. The van der Waals surface area contributed by atoms with Gasteiger partial charge in [0.2, 0.25) is 0 Å². The van der Waals surface area contributed by atoms with Gasteiger partial charge in [0.05, 0.1) is 24.5 Å². The van der Waals surface area contributed by atoms with Crippen LogP contribution in [-0.4, -0.2) is 35.2 Å². The van der Waals surface area contributed by atoms with Gasteiger partial charge in [-0.1, -0.05) is 12.1 Å². The highest BCUT2D eigenvalue weighted by molar-refractivity contribution is 5.80. The number of aromatic nitrogens is 2. The van der Waals surface area contributed by atoms with E-state index in [4.69, 9.17) is 4.74 Å². The molecule has 0 bridgehead atoms. The van der Waals surface area contributed by atoms with Gasteiger partial charge in [0, 0.05) is 6.54 Å². The van der Waals surface area contributed by atoms with E-state index in [1.54, 1.807) is 7.05 Å². The molecule has 0 saturated carbocycles. The minimum Gasteiger partial charge on any atom is -0.468 e. The number of benzene rings is 1. The maximum atomic E-state index is 11.8. The van der Waals surface area contributed by atoms with Crippen LogP contribution in [0.15, 0.2) is 30.6 Å². The number of para-hydroxylation sites is 2. The zero-order valence-electron chi connectivity index (χ0n) is 12.2. The minimum atomic E-state index is -0.634. The third-order valence-corrected chi connectivity index (χ3v) is 3.79. The van der Waals surface area contributed by atoms with E-state index in [0.717, 1.165) is 24.0 Å². The number of nitrogens with zero attached hydrogens (tertiary/aromatic N) is 2. The van der Waals surface area contributed by atoms with Crippen LogP contribution in [0.5, 0.6) is 0 Å². The van der Waals surface area contributed by atoms with Crippen LogP contribution in [0.1, 0.15) is 19.8 Å². The van der Waals surface area contributed by atoms with Gasteiger partial charge in [-0.25, -0.2) is 4.98 Å². The van der Waals surface area contributed by atoms with Crippen molar-refractivity contribution in [2.24, 2.45) is 0 Å². The first kappa shape index (κ1) is 14.5. The van der Waals surface area contributed by atoms with Gasteiger partial charge in [-0.2, -0.15) is 0 Å². The maximum Gasteiger partial charge on any atom is 0.325 e. The predicted octanol–water partition coefficient (Wildman–Crippen LogP) is 1.97. The SMILES string of the molecule is CNC(C)(CCCn1cnc2ccccc21)C(=O)OC. The lowest BCUT2D eigenvalue weighted by Gasteiger charge is -2.26. The summed E-state index contributed by atoms with van der Waals surface area (Å²) in [6.07, 6.45) is 3.43. The molecule has 5 heteroatoms. The molecule has 0 aliphatic carbocycles. The van der Waals surface area contributed by atoms with Gasteiger partial charge in [-0.15, -0.1) is 0 Å². The van der Waals surface area contributed by atoms with Crippen LogP contribution in [0.3, 0.4) is 0 Å². The number of carbonyl (C=O) groups is 1. The Morgan fingerprint density at radius 1 is 1.45 bits per heavy atom. The Morgan fingerprint density at radius 3 is 2.90 bits per heavy atom. The van der Waals surface area contributed by atoms with Crippen LogP contribution < -0.4 is 5.32 Å². The van der Waals surface area contributed by atoms with Crippen molar-refractivity contribution in [3.63, 3.8) is 0 Å². The minimum absolute atomic E-state index is 0.226. The number of nitrogens with one attached hydrogen (secondary N) is 1. The molecule has 0 fully saturated rings. The number of rotatable bonds is 6. The molecule has 1 unspecified atom stereocenters. The molecule has 0 spiro atoms. The van der Waals surface area contributed by atoms with Crippen LogP contribution in [0.2, 0.25) is 0 Å². The lowest BCUT2D eigenvalue weighted by atomic mass is 9.96. The van der Waals surface area contributed by atoms with Crippen molar-refractivity contribution in [2.75, 3.05) is 14.2 Å². The van der Waals surface area contributed by atoms with Crippen LogP contribution in [0.25, 0.3) is 11.0 Å². The summed E-state index contributed by atoms with van der Waals surface area (Å²) >= 11 is 0. The highest BCUT2D eigenvalue weighted by atomic mass is 16.5. The van der Waals surface area contributed by atoms with Gasteiger partial charge in [0.25, 0.3) is 0 Å². The number of ether oxygens (including phenoxy) is 1. The monoisotopic (exact) mass is 275 g/mol. The van der Waals surface area contributed by atoms with Crippen molar-refractivity contribution in [1.82, 2.24) is 14.9 Å². The molecule has 1 heterocycles. The highest BCUT2D eigenvalue weighted by Gasteiger charge is 2.31. The summed E-state index contributed by atoms with van der Waals surface area (Å²) in [6.45, 7) is 2.69. The Balaban J connectivity index is 2.00. The number of hydrogen-bond donors (Lipinski definition) is 1. The molecular weight excluding hydrogens is 254 g/mol. The summed E-state index contributed by atoms with van der Waals surface area (Å²) in [5, 5.41) is 3.05. The first-order valence-electron chi connectivity index (χ1n) is 6.78. The summed E-state index contributed by atoms with van der Waals surface area (Å²) < 4.78 is 6.96. The topological polar surface area (TPSA) is 56.2 Å². The third kappa shape index (κ3) is 2.82. The van der Waals surface area contributed by atoms with Gasteiger partial charge in [0.1, 0.15) is 5.54 Å². The van der Waals surface area contributed by atoms with Crippen molar-refractivity contribution >= 4 is 17.0 Å². The molecule has 1 N–H and O–H groups in total. The predicted molar refractivity (Wildman–Crippen MR) is 78.4 cm³/mol. The van der Waals surface area contributed by atoms with E-state index in [1.165, 1.54) is 7.11 Å². The fraction of sp³-hybridized carbons (Fsp3) is 0.467. The van der Waals surface area contributed by atoms with E-state index in [9.17, 15) is 4.79 Å². The normalized spacial score (nSPS) is 14.2. The lowest BCUT2D eigenvalue weighted by Crippen LogP contribution is -2.48. The maximum absolute atomic E-state index is 11.8. The van der Waals surface area contributed by atoms with Crippen molar-refractivity contribution in [1.29, 1.82) is 0 Å². The van der Waals surface area contributed by atoms with Crippen molar-refractivity contribution in [2.45, 2.75) is 31.8 Å². The molecule has 1 atom stereocenters. The van der Waals surface area contributed by atoms with E-state index in [1.807, 2.05) is 31.5 Å². The van der Waals surface area contributed by atoms with Gasteiger partial charge >= 0.3 is 5.97 Å². The molecule has 20 heavy (non-hydrogen) atoms. The molecule has 2 aromatic rings. The van der Waals surface area contributed by atoms with Crippen LogP contribution >= 0.6 is 0 Å². The fourth-order valence-corrected chi connectivity index (χ4v) is 2.35. The van der Waals surface area contributed by atoms with Crippen molar-refractivity contribution in [3.05, 3.63) is 30.6 Å². The standard InChI is InChI=1S/C15H21N3O2/c1-15(16-2,14(19)20-3)9-6-10-18-11-17-12-7-4-5-8-13(12)18/h4-5,7-8,11,16H,6,9-10H2,1-3H3. The largest absolute Gasteiger partial charge is 0.468 e. The second kappa shape index (κ2) is 6.05. The van der Waals surface area contributed by atoms with Crippen LogP contribution in [-0.2, 0) is 16.1 Å². The Morgan fingerprint density at radius 2 is 2.20 bits per heavy atom. The highest BCUT2D eigenvalue weighted by Crippen LogP contribution is 2.17. The zero-order valence-corrected chi connectivity index (χ0v) is 12.2. The zero-order chi connectivity index (χ0) is 14.6. The molecule has 5 nitrogen and oxygen atoms in total. The van der Waals surface area contributed by atoms with Gasteiger partial charge < -0.3 is 14.6 Å². The first-order chi connectivity index (χ1) is 9.60. The second-order valence-corrected chi connectivity index (χ2v) is 5.10.